The zero-order valence-electron chi connectivity index (χ0n) is 16.4. The van der Waals surface area contributed by atoms with Crippen molar-refractivity contribution in [2.24, 2.45) is 0 Å². The van der Waals surface area contributed by atoms with Crippen molar-refractivity contribution in [3.63, 3.8) is 0 Å². The average molecular weight is 403 g/mol. The molecule has 1 amide bonds. The summed E-state index contributed by atoms with van der Waals surface area (Å²) >= 11 is 0. The van der Waals surface area contributed by atoms with Gasteiger partial charge in [0.05, 0.1) is 21.3 Å². The van der Waals surface area contributed by atoms with E-state index < -0.39 is 18.5 Å². The molecule has 0 atom stereocenters. The molecule has 8 heteroatoms. The van der Waals surface area contributed by atoms with Crippen molar-refractivity contribution in [1.29, 1.82) is 0 Å². The molecule has 2 rings (SSSR count). The van der Waals surface area contributed by atoms with Crippen LogP contribution >= 0.6 is 0 Å². The van der Waals surface area contributed by atoms with Gasteiger partial charge in [-0.25, -0.2) is 9.18 Å². The van der Waals surface area contributed by atoms with E-state index in [2.05, 4.69) is 5.32 Å². The Hall–Kier alpha value is -3.55. The molecule has 0 aliphatic carbocycles. The van der Waals surface area contributed by atoms with Crippen molar-refractivity contribution in [3.05, 3.63) is 59.4 Å². The van der Waals surface area contributed by atoms with E-state index in [-0.39, 0.29) is 12.4 Å². The third-order valence-electron chi connectivity index (χ3n) is 3.88. The number of esters is 1. The second kappa shape index (κ2) is 10.7. The Morgan fingerprint density at radius 1 is 0.966 bits per heavy atom. The van der Waals surface area contributed by atoms with E-state index in [9.17, 15) is 14.0 Å². The number of benzene rings is 2. The van der Waals surface area contributed by atoms with Crippen molar-refractivity contribution < 1.29 is 32.9 Å². The molecule has 7 nitrogen and oxygen atoms in total. The molecule has 2 aromatic carbocycles. The Morgan fingerprint density at radius 3 is 2.21 bits per heavy atom. The number of nitrogens with one attached hydrogen (secondary N) is 1. The molecule has 0 spiro atoms. The summed E-state index contributed by atoms with van der Waals surface area (Å²) < 4.78 is 33.5. The van der Waals surface area contributed by atoms with Crippen molar-refractivity contribution in [1.82, 2.24) is 5.32 Å². The van der Waals surface area contributed by atoms with Gasteiger partial charge in [0.25, 0.3) is 5.91 Å². The van der Waals surface area contributed by atoms with E-state index in [0.717, 1.165) is 5.56 Å². The summed E-state index contributed by atoms with van der Waals surface area (Å²) in [4.78, 5) is 23.7. The van der Waals surface area contributed by atoms with Gasteiger partial charge in [-0.2, -0.15) is 0 Å². The van der Waals surface area contributed by atoms with E-state index in [1.54, 1.807) is 24.3 Å². The first-order valence-corrected chi connectivity index (χ1v) is 8.62. The lowest BCUT2D eigenvalue weighted by molar-refractivity contribution is -0.143. The van der Waals surface area contributed by atoms with Crippen LogP contribution in [0.15, 0.2) is 42.5 Å². The molecule has 0 heterocycles. The normalized spacial score (nSPS) is 10.5. The first kappa shape index (κ1) is 21.7. The number of amides is 1. The average Bonchev–Trinajstić information content (AvgIpc) is 2.75. The van der Waals surface area contributed by atoms with E-state index in [4.69, 9.17) is 18.9 Å². The topological polar surface area (TPSA) is 83.1 Å². The summed E-state index contributed by atoms with van der Waals surface area (Å²) in [6.07, 6.45) is 2.66. The Morgan fingerprint density at radius 2 is 1.59 bits per heavy atom. The van der Waals surface area contributed by atoms with Gasteiger partial charge in [0.1, 0.15) is 11.6 Å². The number of rotatable bonds is 9. The van der Waals surface area contributed by atoms with Gasteiger partial charge in [0.15, 0.2) is 18.1 Å². The smallest absolute Gasteiger partial charge is 0.331 e. The predicted octanol–water partition coefficient (Wildman–Crippen LogP) is 2.72. The quantitative estimate of drug-likeness (QED) is 0.512. The van der Waals surface area contributed by atoms with E-state index >= 15 is 0 Å². The Bertz CT molecular complexity index is 879. The Balaban J connectivity index is 1.89. The summed E-state index contributed by atoms with van der Waals surface area (Å²) in [5, 5.41) is 2.58. The summed E-state index contributed by atoms with van der Waals surface area (Å²) in [6, 6.07) is 8.99. The van der Waals surface area contributed by atoms with Crippen molar-refractivity contribution >= 4 is 18.0 Å². The van der Waals surface area contributed by atoms with Crippen LogP contribution < -0.4 is 19.5 Å². The lowest BCUT2D eigenvalue weighted by atomic mass is 10.1. The molecule has 0 fully saturated rings. The molecular weight excluding hydrogens is 381 g/mol. The van der Waals surface area contributed by atoms with E-state index in [1.165, 1.54) is 45.6 Å². The fraction of sp³-hybridized carbons (Fsp3) is 0.238. The molecule has 2 aromatic rings. The fourth-order valence-corrected chi connectivity index (χ4v) is 2.38. The van der Waals surface area contributed by atoms with Crippen LogP contribution in [0.5, 0.6) is 17.2 Å². The summed E-state index contributed by atoms with van der Waals surface area (Å²) in [6.45, 7) is -0.233. The summed E-state index contributed by atoms with van der Waals surface area (Å²) in [5.41, 5.74) is 1.30. The highest BCUT2D eigenvalue weighted by atomic mass is 19.1. The van der Waals surface area contributed by atoms with Gasteiger partial charge in [-0.3, -0.25) is 4.79 Å². The van der Waals surface area contributed by atoms with Gasteiger partial charge in [0.2, 0.25) is 0 Å². The second-order valence-corrected chi connectivity index (χ2v) is 5.79. The van der Waals surface area contributed by atoms with Gasteiger partial charge in [-0.15, -0.1) is 0 Å². The molecule has 0 aliphatic rings. The van der Waals surface area contributed by atoms with Crippen LogP contribution in [0, 0.1) is 5.82 Å². The number of carbonyl (C=O) groups is 2. The molecule has 1 N–H and O–H groups in total. The van der Waals surface area contributed by atoms with E-state index in [1.807, 2.05) is 0 Å². The largest absolute Gasteiger partial charge is 0.496 e. The molecule has 0 aliphatic heterocycles. The molecule has 0 radical (unpaired) electrons. The minimum absolute atomic E-state index is 0.204. The molecular formula is C21H22FNO6. The van der Waals surface area contributed by atoms with Gasteiger partial charge < -0.3 is 24.3 Å². The maximum absolute atomic E-state index is 12.8. The van der Waals surface area contributed by atoms with Crippen LogP contribution in [0.4, 0.5) is 4.39 Å². The molecule has 0 saturated carbocycles. The highest BCUT2D eigenvalue weighted by Crippen LogP contribution is 2.35. The summed E-state index contributed by atoms with van der Waals surface area (Å²) in [5.74, 6) is -0.0856. The zero-order chi connectivity index (χ0) is 21.2. The van der Waals surface area contributed by atoms with Gasteiger partial charge in [-0.05, 0) is 29.8 Å². The molecule has 0 bridgehead atoms. The van der Waals surface area contributed by atoms with Crippen molar-refractivity contribution in [2.75, 3.05) is 27.9 Å². The number of methoxy groups -OCH3 is 3. The standard InChI is InChI=1S/C21H22FNO6/c1-26-17-11-19(28-3)18(27-2)10-15(17)6-9-21(25)29-13-20(24)23-12-14-4-7-16(22)8-5-14/h4-11H,12-13H2,1-3H3,(H,23,24)/b9-6+. The zero-order valence-corrected chi connectivity index (χ0v) is 16.4. The van der Waals surface area contributed by atoms with Crippen LogP contribution in [0.2, 0.25) is 0 Å². The highest BCUT2D eigenvalue weighted by molar-refractivity contribution is 5.89. The minimum Gasteiger partial charge on any atom is -0.496 e. The lowest BCUT2D eigenvalue weighted by Crippen LogP contribution is -2.28. The monoisotopic (exact) mass is 403 g/mol. The second-order valence-electron chi connectivity index (χ2n) is 5.79. The van der Waals surface area contributed by atoms with Crippen molar-refractivity contribution in [2.45, 2.75) is 6.54 Å². The minimum atomic E-state index is -0.696. The van der Waals surface area contributed by atoms with Gasteiger partial charge >= 0.3 is 5.97 Å². The third-order valence-corrected chi connectivity index (χ3v) is 3.88. The number of halogens is 1. The predicted molar refractivity (Wildman–Crippen MR) is 104 cm³/mol. The van der Waals surface area contributed by atoms with E-state index in [0.29, 0.717) is 22.8 Å². The maximum Gasteiger partial charge on any atom is 0.331 e. The van der Waals surface area contributed by atoms with Gasteiger partial charge in [-0.1, -0.05) is 12.1 Å². The summed E-state index contributed by atoms with van der Waals surface area (Å²) in [7, 11) is 4.49. The molecule has 0 saturated heterocycles. The SMILES string of the molecule is COc1cc(OC)c(OC)cc1/C=C/C(=O)OCC(=O)NCc1ccc(F)cc1. The molecule has 0 unspecified atom stereocenters. The molecule has 29 heavy (non-hydrogen) atoms. The fourth-order valence-electron chi connectivity index (χ4n) is 2.38. The number of hydrogen-bond acceptors (Lipinski definition) is 6. The lowest BCUT2D eigenvalue weighted by Gasteiger charge is -2.12. The molecule has 154 valence electrons. The molecule has 0 aromatic heterocycles. The van der Waals surface area contributed by atoms with Crippen LogP contribution in [-0.4, -0.2) is 39.8 Å². The van der Waals surface area contributed by atoms with Crippen LogP contribution in [0.1, 0.15) is 11.1 Å². The van der Waals surface area contributed by atoms with Crippen LogP contribution in [-0.2, 0) is 20.9 Å². The van der Waals surface area contributed by atoms with Gasteiger partial charge in [0, 0.05) is 24.3 Å². The number of carbonyl (C=O) groups excluding carboxylic acids is 2. The highest BCUT2D eigenvalue weighted by Gasteiger charge is 2.11. The van der Waals surface area contributed by atoms with Crippen LogP contribution in [0.3, 0.4) is 0 Å². The van der Waals surface area contributed by atoms with Crippen molar-refractivity contribution in [3.8, 4) is 17.2 Å². The van der Waals surface area contributed by atoms with Crippen LogP contribution in [0.25, 0.3) is 6.08 Å². The maximum atomic E-state index is 12.8. The number of hydrogen-bond donors (Lipinski definition) is 1. The Labute approximate surface area is 168 Å². The first-order chi connectivity index (χ1) is 14.0. The Kier molecular flexibility index (Phi) is 8.02. The third kappa shape index (κ3) is 6.53. The first-order valence-electron chi connectivity index (χ1n) is 8.62. The number of ether oxygens (including phenoxy) is 4.